The Morgan fingerprint density at radius 1 is 1.64 bits per heavy atom. The van der Waals surface area contributed by atoms with E-state index >= 15 is 0 Å². The number of nitrogens with one attached hydrogen (secondary N) is 2. The largest absolute Gasteiger partial charge is 1.00 e. The van der Waals surface area contributed by atoms with E-state index in [-0.39, 0.29) is 51.4 Å². The first-order chi connectivity index (χ1) is 4.75. The average molecular weight is 175 g/mol. The second kappa shape index (κ2) is 5.11. The van der Waals surface area contributed by atoms with Gasteiger partial charge < -0.3 is 15.7 Å². The molecule has 0 unspecified atom stereocenters. The molecule has 1 aromatic heterocycles. The van der Waals surface area contributed by atoms with E-state index in [0.29, 0.717) is 5.71 Å². The first-order valence-electron chi connectivity index (χ1n) is 3.08. The fraction of sp³-hybridized carbons (Fsp3) is 0.286. The topological polar surface area (TPSA) is 53.7 Å². The molecule has 3 nitrogen and oxygen atoms in total. The zero-order chi connectivity index (χ0) is 7.56. The molecule has 1 aromatic rings. The van der Waals surface area contributed by atoms with Gasteiger partial charge in [0.15, 0.2) is 0 Å². The van der Waals surface area contributed by atoms with E-state index in [4.69, 9.17) is 5.41 Å². The van der Waals surface area contributed by atoms with Crippen LogP contribution in [0.15, 0.2) is 12.3 Å². The Bertz CT molecular complexity index is 242. The SMILES string of the molecule is C[N-]c1[nH]ccc1C(C)=N.[K+]. The van der Waals surface area contributed by atoms with E-state index < -0.39 is 0 Å². The predicted molar refractivity (Wildman–Crippen MR) is 42.2 cm³/mol. The third-order valence-corrected chi connectivity index (χ3v) is 1.35. The number of aromatic nitrogens is 1. The van der Waals surface area contributed by atoms with Crippen LogP contribution in [-0.4, -0.2) is 17.7 Å². The summed E-state index contributed by atoms with van der Waals surface area (Å²) in [7, 11) is 1.71. The van der Waals surface area contributed by atoms with Gasteiger partial charge in [0.05, 0.1) is 0 Å². The molecular weight excluding hydrogens is 165 g/mol. The van der Waals surface area contributed by atoms with Crippen LogP contribution in [0, 0.1) is 5.41 Å². The molecule has 0 aliphatic rings. The van der Waals surface area contributed by atoms with Gasteiger partial charge in [-0.25, -0.2) is 0 Å². The molecule has 0 bridgehead atoms. The summed E-state index contributed by atoms with van der Waals surface area (Å²) >= 11 is 0. The Kier molecular flexibility index (Phi) is 5.29. The van der Waals surface area contributed by atoms with Gasteiger partial charge in [-0.2, -0.15) is 0 Å². The molecule has 0 fully saturated rings. The van der Waals surface area contributed by atoms with Crippen molar-refractivity contribution in [3.63, 3.8) is 0 Å². The smallest absolute Gasteiger partial charge is 0.469 e. The van der Waals surface area contributed by atoms with Gasteiger partial charge in [0, 0.05) is 5.71 Å². The Morgan fingerprint density at radius 2 is 2.27 bits per heavy atom. The monoisotopic (exact) mass is 175 g/mol. The third kappa shape index (κ3) is 2.72. The standard InChI is InChI=1S/C7H10N3.K/c1-5(8)6-3-4-10-7(6)9-2;/h3-4,8,10H,1-2H3;/q-1;+1. The van der Waals surface area contributed by atoms with Crippen LogP contribution in [0.25, 0.3) is 5.32 Å². The molecule has 0 saturated carbocycles. The van der Waals surface area contributed by atoms with Crippen LogP contribution in [0.4, 0.5) is 5.82 Å². The van der Waals surface area contributed by atoms with E-state index in [1.54, 1.807) is 20.2 Å². The zero-order valence-electron chi connectivity index (χ0n) is 7.10. The van der Waals surface area contributed by atoms with Gasteiger partial charge in [0.1, 0.15) is 0 Å². The van der Waals surface area contributed by atoms with Crippen molar-refractivity contribution in [2.45, 2.75) is 6.92 Å². The number of H-pyrrole nitrogens is 1. The molecule has 0 amide bonds. The van der Waals surface area contributed by atoms with E-state index in [2.05, 4.69) is 10.3 Å². The number of aromatic amines is 1. The average Bonchev–Trinajstić information content (AvgIpc) is 2.33. The molecule has 0 aromatic carbocycles. The van der Waals surface area contributed by atoms with Gasteiger partial charge in [-0.3, -0.25) is 0 Å². The van der Waals surface area contributed by atoms with Gasteiger partial charge >= 0.3 is 51.4 Å². The molecule has 0 spiro atoms. The van der Waals surface area contributed by atoms with Crippen molar-refractivity contribution in [2.75, 3.05) is 7.05 Å². The van der Waals surface area contributed by atoms with E-state index in [1.165, 1.54) is 0 Å². The molecule has 0 radical (unpaired) electrons. The second-order valence-corrected chi connectivity index (χ2v) is 2.09. The van der Waals surface area contributed by atoms with Crippen molar-refractivity contribution in [3.05, 3.63) is 23.1 Å². The van der Waals surface area contributed by atoms with Crippen molar-refractivity contribution < 1.29 is 51.4 Å². The maximum Gasteiger partial charge on any atom is 1.00 e. The van der Waals surface area contributed by atoms with Crippen LogP contribution in [0.5, 0.6) is 0 Å². The molecule has 1 rings (SSSR count). The van der Waals surface area contributed by atoms with Crippen LogP contribution in [0.3, 0.4) is 0 Å². The van der Waals surface area contributed by atoms with Crippen molar-refractivity contribution in [1.82, 2.24) is 4.98 Å². The Balaban J connectivity index is 0.000001000. The normalized spacial score (nSPS) is 8.55. The summed E-state index contributed by atoms with van der Waals surface area (Å²) in [5.41, 5.74) is 1.42. The number of rotatable bonds is 2. The second-order valence-electron chi connectivity index (χ2n) is 2.09. The summed E-state index contributed by atoms with van der Waals surface area (Å²) in [5.74, 6) is 0.785. The summed E-state index contributed by atoms with van der Waals surface area (Å²) in [6.07, 6.45) is 1.79. The van der Waals surface area contributed by atoms with Crippen molar-refractivity contribution in [2.24, 2.45) is 0 Å². The molecule has 0 aliphatic carbocycles. The molecule has 0 saturated heterocycles. The van der Waals surface area contributed by atoms with E-state index in [1.807, 2.05) is 6.07 Å². The van der Waals surface area contributed by atoms with Gasteiger partial charge in [-0.05, 0) is 12.5 Å². The zero-order valence-corrected chi connectivity index (χ0v) is 10.2. The first-order valence-corrected chi connectivity index (χ1v) is 3.08. The van der Waals surface area contributed by atoms with Gasteiger partial charge in [0.2, 0.25) is 0 Å². The molecule has 0 aliphatic heterocycles. The third-order valence-electron chi connectivity index (χ3n) is 1.35. The summed E-state index contributed by atoms with van der Waals surface area (Å²) in [4.78, 5) is 2.93. The maximum atomic E-state index is 7.32. The van der Waals surface area contributed by atoms with E-state index in [0.717, 1.165) is 11.4 Å². The number of nitrogens with zero attached hydrogens (tertiary/aromatic N) is 1. The van der Waals surface area contributed by atoms with Crippen LogP contribution < -0.4 is 51.4 Å². The Hall–Kier alpha value is 0.386. The van der Waals surface area contributed by atoms with Crippen LogP contribution in [-0.2, 0) is 0 Å². The predicted octanol–water partition coefficient (Wildman–Crippen LogP) is -0.959. The molecule has 4 heteroatoms. The minimum atomic E-state index is 0. The summed E-state index contributed by atoms with van der Waals surface area (Å²) in [6, 6.07) is 1.85. The number of hydrogen-bond donors (Lipinski definition) is 2. The molecule has 0 atom stereocenters. The number of hydrogen-bond acceptors (Lipinski definition) is 1. The quantitative estimate of drug-likeness (QED) is 0.430. The minimum absolute atomic E-state index is 0. The first kappa shape index (κ1) is 11.4. The van der Waals surface area contributed by atoms with Crippen molar-refractivity contribution in [3.8, 4) is 0 Å². The summed E-state index contributed by atoms with van der Waals surface area (Å²) < 4.78 is 0. The molecule has 2 N–H and O–H groups in total. The van der Waals surface area contributed by atoms with Crippen molar-refractivity contribution in [1.29, 1.82) is 5.41 Å². The molecule has 11 heavy (non-hydrogen) atoms. The van der Waals surface area contributed by atoms with Crippen molar-refractivity contribution >= 4 is 11.5 Å². The van der Waals surface area contributed by atoms with Gasteiger partial charge in [0.25, 0.3) is 0 Å². The van der Waals surface area contributed by atoms with Crippen LogP contribution in [0.1, 0.15) is 12.5 Å². The minimum Gasteiger partial charge on any atom is -0.469 e. The fourth-order valence-electron chi connectivity index (χ4n) is 0.848. The fourth-order valence-corrected chi connectivity index (χ4v) is 0.848. The molecule has 1 heterocycles. The Morgan fingerprint density at radius 3 is 2.64 bits per heavy atom. The maximum absolute atomic E-state index is 7.32. The van der Waals surface area contributed by atoms with Gasteiger partial charge in [-0.15, -0.1) is 0 Å². The van der Waals surface area contributed by atoms with Gasteiger partial charge in [-0.1, -0.05) is 25.1 Å². The Labute approximate surface area is 109 Å². The molecule has 54 valence electrons. The van der Waals surface area contributed by atoms with E-state index in [9.17, 15) is 0 Å². The molecular formula is C7H10KN3. The summed E-state index contributed by atoms with van der Waals surface area (Å²) in [6.45, 7) is 1.75. The van der Waals surface area contributed by atoms with Crippen LogP contribution >= 0.6 is 0 Å². The van der Waals surface area contributed by atoms with Crippen LogP contribution in [0.2, 0.25) is 0 Å². The summed E-state index contributed by atoms with van der Waals surface area (Å²) in [5, 5.41) is 11.3.